The molecule has 0 aliphatic heterocycles. The second kappa shape index (κ2) is 4.99. The molecule has 0 fully saturated rings. The largest absolute Gasteiger partial charge is 0.469 e. The molecule has 1 heterocycles. The zero-order valence-electron chi connectivity index (χ0n) is 10.4. The minimum absolute atomic E-state index is 0.264. The Morgan fingerprint density at radius 3 is 2.89 bits per heavy atom. The van der Waals surface area contributed by atoms with Crippen LogP contribution in [-0.4, -0.2) is 5.11 Å². The molecule has 3 rings (SSSR count). The maximum absolute atomic E-state index is 10.6. The van der Waals surface area contributed by atoms with Crippen LogP contribution in [0.25, 0.3) is 0 Å². The van der Waals surface area contributed by atoms with Crippen LogP contribution in [0.15, 0.2) is 47.1 Å². The molecule has 1 aliphatic rings. The fourth-order valence-corrected chi connectivity index (χ4v) is 2.92. The SMILES string of the molecule is OC1c2ccccc2CCCC1Cc1ccco1. The summed E-state index contributed by atoms with van der Waals surface area (Å²) in [7, 11) is 0. The highest BCUT2D eigenvalue weighted by atomic mass is 16.3. The van der Waals surface area contributed by atoms with Crippen molar-refractivity contribution >= 4 is 0 Å². The number of aliphatic hydroxyl groups excluding tert-OH is 1. The van der Waals surface area contributed by atoms with Crippen LogP contribution >= 0.6 is 0 Å². The summed E-state index contributed by atoms with van der Waals surface area (Å²) in [5.74, 6) is 1.23. The Morgan fingerprint density at radius 2 is 2.06 bits per heavy atom. The minimum Gasteiger partial charge on any atom is -0.469 e. The molecular weight excluding hydrogens is 224 g/mol. The molecule has 0 bridgehead atoms. The molecule has 0 radical (unpaired) electrons. The average Bonchev–Trinajstić information content (AvgIpc) is 2.85. The van der Waals surface area contributed by atoms with Gasteiger partial charge in [-0.15, -0.1) is 0 Å². The Kier molecular flexibility index (Phi) is 3.20. The molecule has 1 N–H and O–H groups in total. The van der Waals surface area contributed by atoms with Crippen molar-refractivity contribution in [3.8, 4) is 0 Å². The number of aryl methyl sites for hydroxylation is 1. The molecular formula is C16H18O2. The summed E-state index contributed by atoms with van der Waals surface area (Å²) in [6.45, 7) is 0. The summed E-state index contributed by atoms with van der Waals surface area (Å²) in [6.07, 6.45) is 5.42. The Balaban J connectivity index is 1.85. The summed E-state index contributed by atoms with van der Waals surface area (Å²) >= 11 is 0. The van der Waals surface area contributed by atoms with Gasteiger partial charge in [0.2, 0.25) is 0 Å². The molecule has 0 saturated heterocycles. The van der Waals surface area contributed by atoms with Gasteiger partial charge in [0.05, 0.1) is 12.4 Å². The van der Waals surface area contributed by atoms with Crippen molar-refractivity contribution in [3.63, 3.8) is 0 Å². The molecule has 1 aromatic carbocycles. The van der Waals surface area contributed by atoms with Crippen molar-refractivity contribution in [3.05, 3.63) is 59.5 Å². The van der Waals surface area contributed by atoms with E-state index >= 15 is 0 Å². The number of hydrogen-bond acceptors (Lipinski definition) is 2. The van der Waals surface area contributed by atoms with E-state index in [4.69, 9.17) is 4.42 Å². The first-order valence-corrected chi connectivity index (χ1v) is 6.63. The van der Waals surface area contributed by atoms with Gasteiger partial charge in [-0.1, -0.05) is 24.3 Å². The predicted octanol–water partition coefficient (Wildman–Crippen LogP) is 3.51. The molecule has 18 heavy (non-hydrogen) atoms. The second-order valence-corrected chi connectivity index (χ2v) is 5.08. The molecule has 2 nitrogen and oxygen atoms in total. The third-order valence-corrected chi connectivity index (χ3v) is 3.88. The van der Waals surface area contributed by atoms with Crippen LogP contribution in [0, 0.1) is 5.92 Å². The van der Waals surface area contributed by atoms with Gasteiger partial charge in [-0.2, -0.15) is 0 Å². The molecule has 0 saturated carbocycles. The van der Waals surface area contributed by atoms with Crippen LogP contribution < -0.4 is 0 Å². The summed E-state index contributed by atoms with van der Waals surface area (Å²) in [5, 5.41) is 10.6. The van der Waals surface area contributed by atoms with Crippen LogP contribution in [-0.2, 0) is 12.8 Å². The molecule has 1 aromatic heterocycles. The first-order valence-electron chi connectivity index (χ1n) is 6.63. The quantitative estimate of drug-likeness (QED) is 0.817. The van der Waals surface area contributed by atoms with E-state index in [-0.39, 0.29) is 12.0 Å². The third-order valence-electron chi connectivity index (χ3n) is 3.88. The lowest BCUT2D eigenvalue weighted by Crippen LogP contribution is -2.14. The van der Waals surface area contributed by atoms with E-state index in [1.165, 1.54) is 5.56 Å². The monoisotopic (exact) mass is 242 g/mol. The van der Waals surface area contributed by atoms with Crippen LogP contribution in [0.1, 0.15) is 35.8 Å². The van der Waals surface area contributed by atoms with Gasteiger partial charge in [0, 0.05) is 6.42 Å². The van der Waals surface area contributed by atoms with Gasteiger partial charge >= 0.3 is 0 Å². The molecule has 0 spiro atoms. The van der Waals surface area contributed by atoms with Crippen molar-refractivity contribution in [2.75, 3.05) is 0 Å². The van der Waals surface area contributed by atoms with E-state index in [1.54, 1.807) is 6.26 Å². The van der Waals surface area contributed by atoms with Gasteiger partial charge in [0.15, 0.2) is 0 Å². The Labute approximate surface area is 107 Å². The van der Waals surface area contributed by atoms with Gasteiger partial charge in [-0.3, -0.25) is 0 Å². The maximum Gasteiger partial charge on any atom is 0.104 e. The van der Waals surface area contributed by atoms with Crippen molar-refractivity contribution in [1.82, 2.24) is 0 Å². The number of hydrogen-bond donors (Lipinski definition) is 1. The fourth-order valence-electron chi connectivity index (χ4n) is 2.92. The fraction of sp³-hybridized carbons (Fsp3) is 0.375. The van der Waals surface area contributed by atoms with Gasteiger partial charge in [-0.25, -0.2) is 0 Å². The lowest BCUT2D eigenvalue weighted by atomic mass is 9.90. The Morgan fingerprint density at radius 1 is 1.17 bits per heavy atom. The van der Waals surface area contributed by atoms with Gasteiger partial charge in [0.25, 0.3) is 0 Å². The lowest BCUT2D eigenvalue weighted by Gasteiger charge is -2.20. The van der Waals surface area contributed by atoms with Crippen LogP contribution in [0.3, 0.4) is 0 Å². The molecule has 2 aromatic rings. The Bertz CT molecular complexity index is 502. The maximum atomic E-state index is 10.6. The van der Waals surface area contributed by atoms with E-state index in [0.29, 0.717) is 0 Å². The van der Waals surface area contributed by atoms with Crippen LogP contribution in [0.4, 0.5) is 0 Å². The van der Waals surface area contributed by atoms with E-state index in [1.807, 2.05) is 18.2 Å². The lowest BCUT2D eigenvalue weighted by molar-refractivity contribution is 0.102. The number of fused-ring (bicyclic) bond motifs is 1. The standard InChI is InChI=1S/C16H18O2/c17-16-13(11-14-8-4-10-18-14)7-3-6-12-5-1-2-9-15(12)16/h1-2,4-5,8-10,13,16-17H,3,6-7,11H2. The highest BCUT2D eigenvalue weighted by Crippen LogP contribution is 2.35. The number of furan rings is 1. The number of benzene rings is 1. The van der Waals surface area contributed by atoms with Gasteiger partial charge in [0.1, 0.15) is 5.76 Å². The predicted molar refractivity (Wildman–Crippen MR) is 70.2 cm³/mol. The molecule has 2 atom stereocenters. The van der Waals surface area contributed by atoms with Crippen molar-refractivity contribution in [2.45, 2.75) is 31.8 Å². The highest BCUT2D eigenvalue weighted by Gasteiger charge is 2.26. The van der Waals surface area contributed by atoms with E-state index in [2.05, 4.69) is 18.2 Å². The third kappa shape index (κ3) is 2.21. The minimum atomic E-state index is -0.367. The van der Waals surface area contributed by atoms with Gasteiger partial charge in [-0.05, 0) is 48.4 Å². The van der Waals surface area contributed by atoms with Crippen LogP contribution in [0.2, 0.25) is 0 Å². The number of rotatable bonds is 2. The van der Waals surface area contributed by atoms with Crippen molar-refractivity contribution in [1.29, 1.82) is 0 Å². The first kappa shape index (κ1) is 11.5. The summed E-state index contributed by atoms with van der Waals surface area (Å²) in [5.41, 5.74) is 2.40. The summed E-state index contributed by atoms with van der Waals surface area (Å²) in [4.78, 5) is 0. The normalized spacial score (nSPS) is 23.4. The van der Waals surface area contributed by atoms with E-state index in [9.17, 15) is 5.11 Å². The summed E-state index contributed by atoms with van der Waals surface area (Å²) in [6, 6.07) is 12.2. The van der Waals surface area contributed by atoms with Crippen LogP contribution in [0.5, 0.6) is 0 Å². The molecule has 1 aliphatic carbocycles. The topological polar surface area (TPSA) is 33.4 Å². The molecule has 94 valence electrons. The zero-order chi connectivity index (χ0) is 12.4. The first-order chi connectivity index (χ1) is 8.84. The van der Waals surface area contributed by atoms with E-state index in [0.717, 1.165) is 37.0 Å². The molecule has 0 amide bonds. The Hall–Kier alpha value is -1.54. The van der Waals surface area contributed by atoms with Crippen molar-refractivity contribution in [2.24, 2.45) is 5.92 Å². The zero-order valence-corrected chi connectivity index (χ0v) is 10.4. The second-order valence-electron chi connectivity index (χ2n) is 5.08. The van der Waals surface area contributed by atoms with E-state index < -0.39 is 0 Å². The average molecular weight is 242 g/mol. The smallest absolute Gasteiger partial charge is 0.104 e. The molecule has 2 heteroatoms. The molecule has 2 unspecified atom stereocenters. The highest BCUT2D eigenvalue weighted by molar-refractivity contribution is 5.30. The van der Waals surface area contributed by atoms with Gasteiger partial charge < -0.3 is 9.52 Å². The summed E-state index contributed by atoms with van der Waals surface area (Å²) < 4.78 is 5.40. The van der Waals surface area contributed by atoms with Crippen molar-refractivity contribution < 1.29 is 9.52 Å². The number of aliphatic hydroxyl groups is 1.